The van der Waals surface area contributed by atoms with E-state index in [9.17, 15) is 14.0 Å². The van der Waals surface area contributed by atoms with Crippen LogP contribution in [-0.4, -0.2) is 60.9 Å². The molecule has 2 aliphatic rings. The number of piperidine rings is 1. The third-order valence-corrected chi connectivity index (χ3v) is 4.85. The van der Waals surface area contributed by atoms with Crippen molar-refractivity contribution in [3.63, 3.8) is 0 Å². The van der Waals surface area contributed by atoms with Crippen molar-refractivity contribution in [1.29, 1.82) is 0 Å². The molecule has 1 N–H and O–H groups in total. The second-order valence-corrected chi connectivity index (χ2v) is 6.49. The Balaban J connectivity index is 0.00000225. The number of carbonyl (C=O) groups is 2. The Morgan fingerprint density at radius 3 is 2.48 bits per heavy atom. The van der Waals surface area contributed by atoms with Gasteiger partial charge < -0.3 is 15.1 Å². The summed E-state index contributed by atoms with van der Waals surface area (Å²) < 4.78 is 13.8. The number of hydrogen-bond donors (Lipinski definition) is 1. The Labute approximate surface area is 154 Å². The van der Waals surface area contributed by atoms with Gasteiger partial charge in [-0.05, 0) is 37.9 Å². The van der Waals surface area contributed by atoms with Gasteiger partial charge in [0.05, 0.1) is 11.5 Å². The topological polar surface area (TPSA) is 52.7 Å². The molecule has 2 fully saturated rings. The summed E-state index contributed by atoms with van der Waals surface area (Å²) in [6.07, 6.45) is 2.69. The molecule has 0 aromatic heterocycles. The van der Waals surface area contributed by atoms with Gasteiger partial charge in [-0.25, -0.2) is 4.39 Å². The monoisotopic (exact) mass is 369 g/mol. The second kappa shape index (κ2) is 9.15. The highest BCUT2D eigenvalue weighted by Crippen LogP contribution is 2.17. The van der Waals surface area contributed by atoms with Gasteiger partial charge in [-0.2, -0.15) is 0 Å². The molecule has 1 unspecified atom stereocenters. The van der Waals surface area contributed by atoms with Crippen molar-refractivity contribution in [3.8, 4) is 0 Å². The molecule has 2 heterocycles. The van der Waals surface area contributed by atoms with E-state index >= 15 is 0 Å². The van der Waals surface area contributed by atoms with E-state index < -0.39 is 5.82 Å². The number of amides is 2. The molecule has 25 heavy (non-hydrogen) atoms. The predicted molar refractivity (Wildman–Crippen MR) is 96.3 cm³/mol. The van der Waals surface area contributed by atoms with Crippen molar-refractivity contribution in [2.24, 2.45) is 5.92 Å². The van der Waals surface area contributed by atoms with Crippen LogP contribution in [0.2, 0.25) is 0 Å². The van der Waals surface area contributed by atoms with Crippen LogP contribution in [0.4, 0.5) is 4.39 Å². The van der Waals surface area contributed by atoms with E-state index in [1.807, 2.05) is 4.90 Å². The van der Waals surface area contributed by atoms with Crippen molar-refractivity contribution >= 4 is 24.2 Å². The third kappa shape index (κ3) is 4.70. The largest absolute Gasteiger partial charge is 0.341 e. The molecule has 3 rings (SSSR count). The predicted octanol–water partition coefficient (Wildman–Crippen LogP) is 1.92. The summed E-state index contributed by atoms with van der Waals surface area (Å²) in [5, 5.41) is 3.27. The summed E-state index contributed by atoms with van der Waals surface area (Å²) in [5.74, 6) is -0.551. The molecule has 0 radical (unpaired) electrons. The summed E-state index contributed by atoms with van der Waals surface area (Å²) in [6, 6.07) is 6.06. The van der Waals surface area contributed by atoms with E-state index in [4.69, 9.17) is 0 Å². The van der Waals surface area contributed by atoms with Crippen LogP contribution in [0, 0.1) is 11.7 Å². The van der Waals surface area contributed by atoms with E-state index in [0.717, 1.165) is 32.4 Å². The molecule has 0 saturated carbocycles. The maximum atomic E-state index is 13.8. The molecule has 138 valence electrons. The molecule has 0 bridgehead atoms. The van der Waals surface area contributed by atoms with Crippen LogP contribution >= 0.6 is 12.4 Å². The van der Waals surface area contributed by atoms with Gasteiger partial charge in [-0.1, -0.05) is 12.1 Å². The molecule has 2 aliphatic heterocycles. The fourth-order valence-electron chi connectivity index (χ4n) is 3.47. The summed E-state index contributed by atoms with van der Waals surface area (Å²) in [6.45, 7) is 3.92. The van der Waals surface area contributed by atoms with E-state index in [2.05, 4.69) is 5.32 Å². The van der Waals surface area contributed by atoms with Crippen LogP contribution in [0.5, 0.6) is 0 Å². The summed E-state index contributed by atoms with van der Waals surface area (Å²) >= 11 is 0. The van der Waals surface area contributed by atoms with Crippen molar-refractivity contribution in [2.75, 3.05) is 39.3 Å². The first kappa shape index (κ1) is 19.7. The molecule has 5 nitrogen and oxygen atoms in total. The maximum absolute atomic E-state index is 13.8. The number of carbonyl (C=O) groups excluding carboxylic acids is 2. The van der Waals surface area contributed by atoms with Gasteiger partial charge in [0.15, 0.2) is 0 Å². The first-order valence-corrected chi connectivity index (χ1v) is 8.70. The first-order chi connectivity index (χ1) is 11.7. The van der Waals surface area contributed by atoms with Gasteiger partial charge in [0, 0.05) is 32.7 Å². The lowest BCUT2D eigenvalue weighted by atomic mass is 9.98. The third-order valence-electron chi connectivity index (χ3n) is 4.85. The van der Waals surface area contributed by atoms with Crippen LogP contribution in [0.15, 0.2) is 24.3 Å². The highest BCUT2D eigenvalue weighted by Gasteiger charge is 2.28. The molecular formula is C18H25ClFN3O2. The van der Waals surface area contributed by atoms with Crippen molar-refractivity contribution < 1.29 is 14.0 Å². The molecule has 2 amide bonds. The average molecular weight is 370 g/mol. The first-order valence-electron chi connectivity index (χ1n) is 8.70. The summed E-state index contributed by atoms with van der Waals surface area (Å²) in [7, 11) is 0. The zero-order chi connectivity index (χ0) is 16.9. The van der Waals surface area contributed by atoms with Gasteiger partial charge in [0.1, 0.15) is 5.82 Å². The van der Waals surface area contributed by atoms with Crippen LogP contribution in [0.1, 0.15) is 29.6 Å². The zero-order valence-electron chi connectivity index (χ0n) is 14.2. The smallest absolute Gasteiger partial charge is 0.256 e. The normalized spacial score (nSPS) is 21.2. The van der Waals surface area contributed by atoms with Crippen molar-refractivity contribution in [3.05, 3.63) is 35.6 Å². The molecule has 7 heteroatoms. The number of benzene rings is 1. The highest BCUT2D eigenvalue weighted by atomic mass is 35.5. The second-order valence-electron chi connectivity index (χ2n) is 6.49. The number of hydrogen-bond acceptors (Lipinski definition) is 3. The van der Waals surface area contributed by atoms with Crippen LogP contribution in [-0.2, 0) is 4.79 Å². The Bertz CT molecular complexity index is 608. The summed E-state index contributed by atoms with van der Waals surface area (Å²) in [5.41, 5.74) is 0.105. The number of nitrogens with one attached hydrogen (secondary N) is 1. The zero-order valence-corrected chi connectivity index (χ0v) is 15.1. The van der Waals surface area contributed by atoms with Gasteiger partial charge in [-0.3, -0.25) is 9.59 Å². The van der Waals surface area contributed by atoms with E-state index in [1.165, 1.54) is 12.1 Å². The fourth-order valence-corrected chi connectivity index (χ4v) is 3.47. The molecule has 0 spiro atoms. The quantitative estimate of drug-likeness (QED) is 0.866. The fraction of sp³-hybridized carbons (Fsp3) is 0.556. The Morgan fingerprint density at radius 1 is 1.04 bits per heavy atom. The van der Waals surface area contributed by atoms with E-state index in [-0.39, 0.29) is 35.7 Å². The molecular weight excluding hydrogens is 345 g/mol. The molecule has 0 aliphatic carbocycles. The average Bonchev–Trinajstić information content (AvgIpc) is 2.88. The highest BCUT2D eigenvalue weighted by molar-refractivity contribution is 5.94. The van der Waals surface area contributed by atoms with Crippen LogP contribution in [0.25, 0.3) is 0 Å². The van der Waals surface area contributed by atoms with E-state index in [0.29, 0.717) is 26.2 Å². The van der Waals surface area contributed by atoms with Gasteiger partial charge >= 0.3 is 0 Å². The summed E-state index contributed by atoms with van der Waals surface area (Å²) in [4.78, 5) is 28.7. The standard InChI is InChI=1S/C18H24FN3O2.ClH/c19-16-7-2-1-6-15(16)18(24)22-10-4-9-21(11-12-22)17(23)14-5-3-8-20-13-14;/h1-2,6-7,14,20H,3-5,8-13H2;1H. The maximum Gasteiger partial charge on any atom is 0.256 e. The lowest BCUT2D eigenvalue weighted by molar-refractivity contribution is -0.135. The minimum absolute atomic E-state index is 0. The van der Waals surface area contributed by atoms with Crippen molar-refractivity contribution in [1.82, 2.24) is 15.1 Å². The minimum Gasteiger partial charge on any atom is -0.341 e. The number of halogens is 2. The Morgan fingerprint density at radius 2 is 1.76 bits per heavy atom. The van der Waals surface area contributed by atoms with E-state index in [1.54, 1.807) is 17.0 Å². The van der Waals surface area contributed by atoms with Gasteiger partial charge in [-0.15, -0.1) is 12.4 Å². The number of rotatable bonds is 2. The molecule has 1 aromatic rings. The van der Waals surface area contributed by atoms with Crippen LogP contribution in [0.3, 0.4) is 0 Å². The molecule has 2 saturated heterocycles. The Kier molecular flexibility index (Phi) is 7.20. The number of nitrogens with zero attached hydrogens (tertiary/aromatic N) is 2. The molecule has 1 atom stereocenters. The lowest BCUT2D eigenvalue weighted by Gasteiger charge is -2.29. The molecule has 1 aromatic carbocycles. The van der Waals surface area contributed by atoms with Crippen LogP contribution < -0.4 is 5.32 Å². The lowest BCUT2D eigenvalue weighted by Crippen LogP contribution is -2.44. The minimum atomic E-state index is -0.493. The van der Waals surface area contributed by atoms with Gasteiger partial charge in [0.25, 0.3) is 5.91 Å². The van der Waals surface area contributed by atoms with Gasteiger partial charge in [0.2, 0.25) is 5.91 Å². The SMILES string of the molecule is Cl.O=C(c1ccccc1F)N1CCCN(C(=O)C2CCCNC2)CC1. The van der Waals surface area contributed by atoms with Crippen molar-refractivity contribution in [2.45, 2.75) is 19.3 Å². The Hall–Kier alpha value is -1.66.